The Balaban J connectivity index is 2.01. The van der Waals surface area contributed by atoms with Gasteiger partial charge in [-0.25, -0.2) is 4.84 Å². The Labute approximate surface area is 128 Å². The van der Waals surface area contributed by atoms with E-state index in [-0.39, 0.29) is 6.61 Å². The van der Waals surface area contributed by atoms with E-state index in [0.29, 0.717) is 49.1 Å². The van der Waals surface area contributed by atoms with Gasteiger partial charge in [0.05, 0.1) is 24.7 Å². The Bertz CT molecular complexity index is 586. The van der Waals surface area contributed by atoms with Crippen molar-refractivity contribution in [3.05, 3.63) is 22.6 Å². The largest absolute Gasteiger partial charge is 0.484 e. The number of anilines is 1. The summed E-state index contributed by atoms with van der Waals surface area (Å²) in [5.41, 5.74) is 1.49. The highest BCUT2D eigenvalue weighted by atomic mass is 16.8. The molecule has 3 rings (SSSR count). The summed E-state index contributed by atoms with van der Waals surface area (Å²) in [6.07, 6.45) is 0.562. The molecule has 1 aromatic carbocycles. The lowest BCUT2D eigenvalue weighted by Crippen LogP contribution is -2.36. The highest BCUT2D eigenvalue weighted by Gasteiger charge is 2.38. The molecule has 0 bridgehead atoms. The second-order valence-corrected chi connectivity index (χ2v) is 5.87. The van der Waals surface area contributed by atoms with E-state index in [9.17, 15) is 10.0 Å². The van der Waals surface area contributed by atoms with Crippen molar-refractivity contribution in [1.82, 2.24) is 0 Å². The lowest BCUT2D eigenvalue weighted by molar-refractivity contribution is -0.736. The first-order valence-electron chi connectivity index (χ1n) is 7.37. The molecule has 1 fully saturated rings. The van der Waals surface area contributed by atoms with Gasteiger partial charge in [-0.2, -0.15) is 0 Å². The third-order valence-electron chi connectivity index (χ3n) is 4.13. The number of ether oxygens (including phenoxy) is 2. The first kappa shape index (κ1) is 15.1. The average Bonchev–Trinajstić information content (AvgIpc) is 2.89. The molecule has 1 saturated heterocycles. The van der Waals surface area contributed by atoms with Crippen LogP contribution in [0.3, 0.4) is 0 Å². The topological polar surface area (TPSA) is 71.2 Å². The third kappa shape index (κ3) is 2.62. The van der Waals surface area contributed by atoms with Crippen molar-refractivity contribution in [3.8, 4) is 5.75 Å². The zero-order chi connectivity index (χ0) is 15.7. The summed E-state index contributed by atoms with van der Waals surface area (Å²) in [6.45, 7) is 4.44. The molecular formula is C15H21N2O5+. The molecule has 1 N–H and O–H groups in total. The van der Waals surface area contributed by atoms with Crippen LogP contribution in [0.2, 0.25) is 0 Å². The molecule has 7 nitrogen and oxygen atoms in total. The van der Waals surface area contributed by atoms with Crippen LogP contribution in [0.1, 0.15) is 12.5 Å². The van der Waals surface area contributed by atoms with Gasteiger partial charge in [-0.3, -0.25) is 0 Å². The van der Waals surface area contributed by atoms with E-state index in [2.05, 4.69) is 4.90 Å². The molecule has 1 aromatic rings. The van der Waals surface area contributed by atoms with Gasteiger partial charge in [0.15, 0.2) is 7.11 Å². The van der Waals surface area contributed by atoms with Gasteiger partial charge in [0, 0.05) is 37.2 Å². The minimum absolute atomic E-state index is 0.0741. The van der Waals surface area contributed by atoms with E-state index in [4.69, 9.17) is 14.3 Å². The van der Waals surface area contributed by atoms with Gasteiger partial charge in [-0.1, -0.05) is 0 Å². The number of fused-ring (bicyclic) bond motifs is 1. The number of nitrogens with zero attached hydrogens (tertiary/aromatic N) is 2. The summed E-state index contributed by atoms with van der Waals surface area (Å²) in [5.74, 6) is 0.714. The van der Waals surface area contributed by atoms with Crippen LogP contribution in [-0.4, -0.2) is 55.7 Å². The van der Waals surface area contributed by atoms with Crippen LogP contribution in [0.15, 0.2) is 12.1 Å². The van der Waals surface area contributed by atoms with Gasteiger partial charge < -0.3 is 19.5 Å². The summed E-state index contributed by atoms with van der Waals surface area (Å²) < 4.78 is 11.2. The van der Waals surface area contributed by atoms with Crippen molar-refractivity contribution in [1.29, 1.82) is 0 Å². The first-order valence-corrected chi connectivity index (χ1v) is 7.37. The third-order valence-corrected chi connectivity index (χ3v) is 4.13. The molecule has 0 aromatic heterocycles. The van der Waals surface area contributed by atoms with Crippen LogP contribution in [0.5, 0.6) is 5.75 Å². The van der Waals surface area contributed by atoms with Crippen LogP contribution >= 0.6 is 0 Å². The molecular weight excluding hydrogens is 288 g/mol. The number of rotatable bonds is 4. The van der Waals surface area contributed by atoms with Crippen molar-refractivity contribution in [3.63, 3.8) is 0 Å². The summed E-state index contributed by atoms with van der Waals surface area (Å²) in [7, 11) is 1.34. The van der Waals surface area contributed by atoms with E-state index in [0.717, 1.165) is 11.3 Å². The predicted octanol–water partition coefficient (Wildman–Crippen LogP) is 1.18. The summed E-state index contributed by atoms with van der Waals surface area (Å²) in [5, 5.41) is 9.49. The average molecular weight is 309 g/mol. The second-order valence-electron chi connectivity index (χ2n) is 5.87. The highest BCUT2D eigenvalue weighted by Crippen LogP contribution is 2.42. The fourth-order valence-corrected chi connectivity index (χ4v) is 2.93. The molecule has 1 atom stereocenters. The Hall–Kier alpha value is -1.86. The molecule has 0 aliphatic carbocycles. The first-order chi connectivity index (χ1) is 10.6. The van der Waals surface area contributed by atoms with Gasteiger partial charge in [-0.05, 0) is 6.92 Å². The van der Waals surface area contributed by atoms with E-state index in [1.807, 2.05) is 13.0 Å². The maximum absolute atomic E-state index is 12.1. The molecule has 7 heteroatoms. The molecule has 0 saturated carbocycles. The fourth-order valence-electron chi connectivity index (χ4n) is 2.93. The number of morpholine rings is 1. The minimum Gasteiger partial charge on any atom is -0.484 e. The number of aliphatic hydroxyl groups is 1. The minimum atomic E-state index is -0.635. The Morgan fingerprint density at radius 1 is 1.41 bits per heavy atom. The number of benzene rings is 1. The van der Waals surface area contributed by atoms with Crippen LogP contribution in [0.25, 0.3) is 0 Å². The van der Waals surface area contributed by atoms with E-state index < -0.39 is 5.60 Å². The molecule has 2 aliphatic rings. The lowest BCUT2D eigenvalue weighted by atomic mass is 9.99. The van der Waals surface area contributed by atoms with Crippen molar-refractivity contribution in [2.45, 2.75) is 18.9 Å². The number of hydrogen-bond donors (Lipinski definition) is 1. The van der Waals surface area contributed by atoms with Gasteiger partial charge >= 0.3 is 5.69 Å². The molecule has 22 heavy (non-hydrogen) atoms. The van der Waals surface area contributed by atoms with E-state index in [1.165, 1.54) is 7.11 Å². The van der Waals surface area contributed by atoms with Gasteiger partial charge in [0.2, 0.25) is 0 Å². The van der Waals surface area contributed by atoms with Crippen molar-refractivity contribution >= 4 is 11.4 Å². The predicted molar refractivity (Wildman–Crippen MR) is 79.6 cm³/mol. The van der Waals surface area contributed by atoms with Crippen molar-refractivity contribution < 1.29 is 24.3 Å². The normalized spacial score (nSPS) is 23.9. The molecule has 1 unspecified atom stereocenters. The number of aliphatic hydroxyl groups excluding tert-OH is 1. The molecule has 0 radical (unpaired) electrons. The van der Waals surface area contributed by atoms with Crippen LogP contribution in [0.4, 0.5) is 11.4 Å². The molecule has 2 heterocycles. The maximum atomic E-state index is 12.1. The van der Waals surface area contributed by atoms with E-state index in [1.54, 1.807) is 6.07 Å². The number of hydrogen-bond acceptors (Lipinski definition) is 6. The summed E-state index contributed by atoms with van der Waals surface area (Å²) in [6, 6.07) is 3.65. The lowest BCUT2D eigenvalue weighted by Gasteiger charge is -2.28. The monoisotopic (exact) mass is 309 g/mol. The van der Waals surface area contributed by atoms with Crippen LogP contribution in [-0.2, 0) is 16.0 Å². The van der Waals surface area contributed by atoms with Crippen molar-refractivity contribution in [2.24, 2.45) is 0 Å². The quantitative estimate of drug-likeness (QED) is 0.842. The van der Waals surface area contributed by atoms with Crippen LogP contribution in [0, 0.1) is 4.91 Å². The zero-order valence-corrected chi connectivity index (χ0v) is 12.9. The summed E-state index contributed by atoms with van der Waals surface area (Å²) >= 11 is 0. The second kappa shape index (κ2) is 5.73. The van der Waals surface area contributed by atoms with Gasteiger partial charge in [0.1, 0.15) is 17.0 Å². The Kier molecular flexibility index (Phi) is 3.92. The van der Waals surface area contributed by atoms with Crippen molar-refractivity contribution in [2.75, 3.05) is 44.9 Å². The Morgan fingerprint density at radius 3 is 2.77 bits per heavy atom. The maximum Gasteiger partial charge on any atom is 0.340 e. The molecule has 0 spiro atoms. The summed E-state index contributed by atoms with van der Waals surface area (Å²) in [4.78, 5) is 19.5. The van der Waals surface area contributed by atoms with Gasteiger partial charge in [-0.15, -0.1) is 0 Å². The molecule has 2 aliphatic heterocycles. The van der Waals surface area contributed by atoms with Crippen LogP contribution < -0.4 is 9.64 Å². The SMILES string of the molecule is CO[N+](=O)c1cc2c(cc1N1CCOCC1)OC(C)(CO)C2. The van der Waals surface area contributed by atoms with E-state index >= 15 is 0 Å². The zero-order valence-electron chi connectivity index (χ0n) is 12.9. The Morgan fingerprint density at radius 2 is 2.14 bits per heavy atom. The molecule has 0 amide bonds. The standard InChI is InChI=1S/C15H21N2O5/c1-15(10-18)9-11-7-13(17(19)20-2)12(8-14(11)22-15)16-3-5-21-6-4-16/h7-8,18H,3-6,9-10H2,1-2H3/q+1. The molecule has 120 valence electrons. The fraction of sp³-hybridized carbons (Fsp3) is 0.600. The van der Waals surface area contributed by atoms with Gasteiger partial charge in [0.25, 0.3) is 4.92 Å². The highest BCUT2D eigenvalue weighted by molar-refractivity contribution is 5.69. The smallest absolute Gasteiger partial charge is 0.340 e.